The molecule has 0 aliphatic carbocycles. The number of aromatic nitrogens is 3. The lowest BCUT2D eigenvalue weighted by atomic mass is 10.0. The summed E-state index contributed by atoms with van der Waals surface area (Å²) in [5.74, 6) is 0. The number of benzene rings is 4. The van der Waals surface area contributed by atoms with Crippen molar-refractivity contribution < 1.29 is 0 Å². The number of hydrogen-bond donors (Lipinski definition) is 0. The maximum atomic E-state index is 5.01. The molecule has 6 heteroatoms. The van der Waals surface area contributed by atoms with E-state index in [2.05, 4.69) is 128 Å². The first-order chi connectivity index (χ1) is 21.8. The van der Waals surface area contributed by atoms with Crippen molar-refractivity contribution in [3.05, 3.63) is 137 Å². The Labute approximate surface area is 266 Å². The van der Waals surface area contributed by atoms with Crippen molar-refractivity contribution in [1.82, 2.24) is 14.5 Å². The number of pyridine rings is 1. The molecule has 0 unspecified atom stereocenters. The van der Waals surface area contributed by atoms with Crippen molar-refractivity contribution in [3.8, 4) is 49.8 Å². The van der Waals surface area contributed by atoms with Crippen molar-refractivity contribution in [1.29, 1.82) is 0 Å². The predicted molar refractivity (Wildman–Crippen MR) is 189 cm³/mol. The normalized spacial score (nSPS) is 11.6. The monoisotopic (exact) mass is 617 g/mol. The fourth-order valence-corrected chi connectivity index (χ4v) is 8.37. The van der Waals surface area contributed by atoms with Gasteiger partial charge >= 0.3 is 0 Å². The third-order valence-electron chi connectivity index (χ3n) is 8.19. The Balaban J connectivity index is 1.36. The quantitative estimate of drug-likeness (QED) is 0.192. The Bertz CT molecular complexity index is 2400. The van der Waals surface area contributed by atoms with Crippen LogP contribution in [0.25, 0.3) is 81.8 Å². The molecule has 0 spiro atoms. The van der Waals surface area contributed by atoms with Crippen LogP contribution in [-0.2, 0) is 0 Å². The molecule has 0 aliphatic heterocycles. The molecule has 4 aromatic carbocycles. The molecule has 0 saturated carbocycles. The Morgan fingerprint density at radius 3 is 2.20 bits per heavy atom. The van der Waals surface area contributed by atoms with Crippen LogP contribution in [0.4, 0.5) is 0 Å². The summed E-state index contributed by atoms with van der Waals surface area (Å²) in [4.78, 5) is 9.70. The summed E-state index contributed by atoms with van der Waals surface area (Å²) < 4.78 is 3.64. The first-order valence-corrected chi connectivity index (χ1v) is 17.1. The maximum Gasteiger partial charge on any atom is 0.124 e. The van der Waals surface area contributed by atoms with E-state index in [-0.39, 0.29) is 0 Å². The first kappa shape index (κ1) is 25.6. The molecule has 5 heterocycles. The lowest BCUT2D eigenvalue weighted by molar-refractivity contribution is 1.18. The van der Waals surface area contributed by atoms with Crippen LogP contribution in [0.2, 0.25) is 0 Å². The van der Waals surface area contributed by atoms with E-state index >= 15 is 0 Å². The third-order valence-corrected chi connectivity index (χ3v) is 10.6. The van der Waals surface area contributed by atoms with E-state index in [4.69, 9.17) is 4.98 Å². The highest BCUT2D eigenvalue weighted by Crippen LogP contribution is 2.41. The van der Waals surface area contributed by atoms with Crippen LogP contribution in [-0.4, -0.2) is 14.5 Å². The molecule has 0 radical (unpaired) electrons. The second-order valence-corrected chi connectivity index (χ2v) is 13.3. The summed E-state index contributed by atoms with van der Waals surface area (Å²) in [6.07, 6.45) is 1.86. The third kappa shape index (κ3) is 4.22. The molecule has 0 saturated heterocycles. The largest absolute Gasteiger partial charge is 0.309 e. The molecule has 0 fully saturated rings. The minimum absolute atomic E-state index is 0.960. The number of para-hydroxylation sites is 1. The van der Waals surface area contributed by atoms with Crippen LogP contribution in [0.1, 0.15) is 0 Å². The Kier molecular flexibility index (Phi) is 6.04. The highest BCUT2D eigenvalue weighted by molar-refractivity contribution is 7.21. The van der Waals surface area contributed by atoms with E-state index in [0.717, 1.165) is 38.5 Å². The first-order valence-electron chi connectivity index (χ1n) is 14.4. The zero-order valence-electron chi connectivity index (χ0n) is 23.3. The van der Waals surface area contributed by atoms with Gasteiger partial charge in [-0.2, -0.15) is 22.7 Å². The molecule has 9 aromatic rings. The van der Waals surface area contributed by atoms with Gasteiger partial charge in [-0.3, -0.25) is 4.98 Å². The molecule has 0 bridgehead atoms. The minimum Gasteiger partial charge on any atom is -0.309 e. The summed E-state index contributed by atoms with van der Waals surface area (Å²) in [7, 11) is 0. The van der Waals surface area contributed by atoms with E-state index in [9.17, 15) is 0 Å². The second-order valence-electron chi connectivity index (χ2n) is 10.8. The highest BCUT2D eigenvalue weighted by atomic mass is 32.1. The SMILES string of the molecule is c1ccc(-c2ccc(-c3ccsc3)c(-n3c4ccc(-c5ccsc5)cc4c4ccc(-c5nc6ccccc6s5)cc43)c2)nc1. The fraction of sp³-hybridized carbons (Fsp3) is 0. The van der Waals surface area contributed by atoms with Gasteiger partial charge in [-0.05, 0) is 98.9 Å². The number of thiazole rings is 1. The average Bonchev–Trinajstić information content (AvgIpc) is 3.90. The topological polar surface area (TPSA) is 30.7 Å². The maximum absolute atomic E-state index is 5.01. The van der Waals surface area contributed by atoms with Gasteiger partial charge < -0.3 is 4.57 Å². The lowest BCUT2D eigenvalue weighted by Crippen LogP contribution is -1.98. The summed E-state index contributed by atoms with van der Waals surface area (Å²) in [6, 6.07) is 39.3. The van der Waals surface area contributed by atoms with Crippen molar-refractivity contribution in [2.75, 3.05) is 0 Å². The van der Waals surface area contributed by atoms with Gasteiger partial charge in [0.05, 0.1) is 32.6 Å². The minimum atomic E-state index is 0.960. The van der Waals surface area contributed by atoms with Crippen LogP contribution < -0.4 is 0 Å². The number of thiophene rings is 2. The van der Waals surface area contributed by atoms with Gasteiger partial charge in [0.25, 0.3) is 0 Å². The fourth-order valence-electron chi connectivity index (χ4n) is 6.09. The van der Waals surface area contributed by atoms with Crippen LogP contribution in [0.5, 0.6) is 0 Å². The van der Waals surface area contributed by atoms with Gasteiger partial charge in [0.2, 0.25) is 0 Å². The van der Waals surface area contributed by atoms with E-state index in [1.807, 2.05) is 18.3 Å². The molecule has 44 heavy (non-hydrogen) atoms. The van der Waals surface area contributed by atoms with E-state index in [1.165, 1.54) is 43.2 Å². The molecule has 3 nitrogen and oxygen atoms in total. The van der Waals surface area contributed by atoms with Crippen molar-refractivity contribution in [2.24, 2.45) is 0 Å². The molecule has 0 amide bonds. The van der Waals surface area contributed by atoms with Gasteiger partial charge in [-0.25, -0.2) is 4.98 Å². The highest BCUT2D eigenvalue weighted by Gasteiger charge is 2.19. The Morgan fingerprint density at radius 2 is 1.39 bits per heavy atom. The van der Waals surface area contributed by atoms with Crippen molar-refractivity contribution >= 4 is 66.0 Å². The van der Waals surface area contributed by atoms with Crippen molar-refractivity contribution in [3.63, 3.8) is 0 Å². The summed E-state index contributed by atoms with van der Waals surface area (Å²) in [5, 5.41) is 12.2. The molecule has 0 aliphatic rings. The molecule has 208 valence electrons. The number of rotatable bonds is 5. The van der Waals surface area contributed by atoms with Gasteiger partial charge in [0.1, 0.15) is 5.01 Å². The van der Waals surface area contributed by atoms with Gasteiger partial charge in [0, 0.05) is 33.7 Å². The number of hydrogen-bond acceptors (Lipinski definition) is 5. The number of nitrogens with zero attached hydrogens (tertiary/aromatic N) is 3. The lowest BCUT2D eigenvalue weighted by Gasteiger charge is -2.15. The standard InChI is InChI=1S/C38H23N3S3/c1-2-7-37-33(6-1)40-38(44-37)26-9-12-30-31-19-24(27-14-17-42-22-27)10-13-34(31)41(36(30)21-26)35-20-25(32-5-3-4-16-39-32)8-11-29(35)28-15-18-43-23-28/h1-23H. The Morgan fingerprint density at radius 1 is 0.568 bits per heavy atom. The predicted octanol–water partition coefficient (Wildman–Crippen LogP) is 11.6. The van der Waals surface area contributed by atoms with Crippen LogP contribution in [0.15, 0.2) is 137 Å². The van der Waals surface area contributed by atoms with Gasteiger partial charge in [0.15, 0.2) is 0 Å². The zero-order valence-corrected chi connectivity index (χ0v) is 25.8. The van der Waals surface area contributed by atoms with Crippen molar-refractivity contribution in [2.45, 2.75) is 0 Å². The van der Waals surface area contributed by atoms with E-state index in [0.29, 0.717) is 0 Å². The second kappa shape index (κ2) is 10.4. The van der Waals surface area contributed by atoms with Crippen LogP contribution in [0, 0.1) is 0 Å². The van der Waals surface area contributed by atoms with Crippen LogP contribution in [0.3, 0.4) is 0 Å². The molecule has 0 atom stereocenters. The van der Waals surface area contributed by atoms with Gasteiger partial charge in [-0.1, -0.05) is 48.5 Å². The molecule has 9 rings (SSSR count). The zero-order chi connectivity index (χ0) is 29.0. The van der Waals surface area contributed by atoms with Crippen LogP contribution >= 0.6 is 34.0 Å². The molecular weight excluding hydrogens is 595 g/mol. The number of fused-ring (bicyclic) bond motifs is 4. The average molecular weight is 618 g/mol. The van der Waals surface area contributed by atoms with Gasteiger partial charge in [-0.15, -0.1) is 11.3 Å². The molecular formula is C38H23N3S3. The van der Waals surface area contributed by atoms with E-state index in [1.54, 1.807) is 34.0 Å². The molecule has 5 aromatic heterocycles. The molecule has 0 N–H and O–H groups in total. The van der Waals surface area contributed by atoms with E-state index < -0.39 is 0 Å². The summed E-state index contributed by atoms with van der Waals surface area (Å²) >= 11 is 5.20. The smallest absolute Gasteiger partial charge is 0.124 e. The Hall–Kier alpha value is -4.88. The summed E-state index contributed by atoms with van der Waals surface area (Å²) in [5.41, 5.74) is 12.6. The summed E-state index contributed by atoms with van der Waals surface area (Å²) in [6.45, 7) is 0.